The number of aryl methyl sites for hydroxylation is 1. The molecule has 2 rings (SSSR count). The standard InChI is InChI=1S/C13H14N2O2S/c1-9-3-8-12(13(14)15-9)10-4-6-11(7-5-10)18(2,16)17/h3-8H,1-2H3,(H2,14,15). The maximum atomic E-state index is 11.4. The Balaban J connectivity index is 2.47. The molecule has 4 nitrogen and oxygen atoms in total. The van der Waals surface area contributed by atoms with E-state index in [9.17, 15) is 8.42 Å². The first-order valence-corrected chi connectivity index (χ1v) is 7.31. The van der Waals surface area contributed by atoms with Gasteiger partial charge >= 0.3 is 0 Å². The van der Waals surface area contributed by atoms with Gasteiger partial charge in [-0.3, -0.25) is 0 Å². The largest absolute Gasteiger partial charge is 0.383 e. The van der Waals surface area contributed by atoms with Crippen LogP contribution < -0.4 is 5.73 Å². The van der Waals surface area contributed by atoms with Crippen molar-refractivity contribution in [2.75, 3.05) is 12.0 Å². The minimum absolute atomic E-state index is 0.296. The molecular weight excluding hydrogens is 248 g/mol. The fourth-order valence-electron chi connectivity index (χ4n) is 1.70. The van der Waals surface area contributed by atoms with Crippen LogP contribution >= 0.6 is 0 Å². The molecule has 0 saturated carbocycles. The van der Waals surface area contributed by atoms with Gasteiger partial charge in [-0.05, 0) is 36.8 Å². The third-order valence-electron chi connectivity index (χ3n) is 2.66. The quantitative estimate of drug-likeness (QED) is 0.899. The first kappa shape index (κ1) is 12.6. The van der Waals surface area contributed by atoms with E-state index in [-0.39, 0.29) is 0 Å². The second-order valence-electron chi connectivity index (χ2n) is 4.18. The number of nitrogens with two attached hydrogens (primary N) is 1. The molecule has 1 heterocycles. The van der Waals surface area contributed by atoms with Crippen molar-refractivity contribution in [3.63, 3.8) is 0 Å². The Labute approximate surface area is 106 Å². The summed E-state index contributed by atoms with van der Waals surface area (Å²) in [5.74, 6) is 0.446. The number of hydrogen-bond donors (Lipinski definition) is 1. The van der Waals surface area contributed by atoms with Crippen molar-refractivity contribution in [3.8, 4) is 11.1 Å². The maximum absolute atomic E-state index is 11.4. The zero-order valence-electron chi connectivity index (χ0n) is 10.2. The van der Waals surface area contributed by atoms with Gasteiger partial charge in [0.05, 0.1) is 4.90 Å². The summed E-state index contributed by atoms with van der Waals surface area (Å²) in [6.07, 6.45) is 1.18. The summed E-state index contributed by atoms with van der Waals surface area (Å²) in [5.41, 5.74) is 8.36. The lowest BCUT2D eigenvalue weighted by molar-refractivity contribution is 0.602. The second kappa shape index (κ2) is 4.42. The van der Waals surface area contributed by atoms with Gasteiger partial charge in [-0.25, -0.2) is 13.4 Å². The van der Waals surface area contributed by atoms with Gasteiger partial charge in [-0.15, -0.1) is 0 Å². The summed E-state index contributed by atoms with van der Waals surface area (Å²) in [6, 6.07) is 10.4. The minimum atomic E-state index is -3.17. The molecule has 94 valence electrons. The molecule has 0 aliphatic rings. The zero-order valence-corrected chi connectivity index (χ0v) is 11.0. The van der Waals surface area contributed by atoms with E-state index in [4.69, 9.17) is 5.73 Å². The molecule has 0 unspecified atom stereocenters. The Morgan fingerprint density at radius 2 is 1.67 bits per heavy atom. The molecule has 5 heteroatoms. The molecule has 0 aliphatic carbocycles. The van der Waals surface area contributed by atoms with Crippen LogP contribution in [0.5, 0.6) is 0 Å². The van der Waals surface area contributed by atoms with Gasteiger partial charge < -0.3 is 5.73 Å². The molecule has 0 spiro atoms. The van der Waals surface area contributed by atoms with Crippen molar-refractivity contribution < 1.29 is 8.42 Å². The van der Waals surface area contributed by atoms with Crippen LogP contribution in [0.25, 0.3) is 11.1 Å². The number of rotatable bonds is 2. The Morgan fingerprint density at radius 3 is 2.17 bits per heavy atom. The lowest BCUT2D eigenvalue weighted by atomic mass is 10.1. The Morgan fingerprint density at radius 1 is 1.06 bits per heavy atom. The Kier molecular flexibility index (Phi) is 3.09. The summed E-state index contributed by atoms with van der Waals surface area (Å²) < 4.78 is 22.7. The van der Waals surface area contributed by atoms with E-state index < -0.39 is 9.84 Å². The number of nitrogens with zero attached hydrogens (tertiary/aromatic N) is 1. The minimum Gasteiger partial charge on any atom is -0.383 e. The lowest BCUT2D eigenvalue weighted by Gasteiger charge is -2.06. The van der Waals surface area contributed by atoms with E-state index in [1.165, 1.54) is 6.26 Å². The highest BCUT2D eigenvalue weighted by molar-refractivity contribution is 7.90. The Hall–Kier alpha value is -1.88. The molecule has 18 heavy (non-hydrogen) atoms. The number of benzene rings is 1. The molecule has 1 aromatic heterocycles. The van der Waals surface area contributed by atoms with E-state index in [1.54, 1.807) is 24.3 Å². The van der Waals surface area contributed by atoms with Crippen LogP contribution in [0.2, 0.25) is 0 Å². The number of aromatic nitrogens is 1. The normalized spacial score (nSPS) is 11.4. The van der Waals surface area contributed by atoms with Gasteiger partial charge in [0.25, 0.3) is 0 Å². The van der Waals surface area contributed by atoms with Crippen LogP contribution in [-0.4, -0.2) is 19.7 Å². The number of pyridine rings is 1. The molecule has 0 radical (unpaired) electrons. The zero-order chi connectivity index (χ0) is 13.3. The summed E-state index contributed by atoms with van der Waals surface area (Å²) >= 11 is 0. The van der Waals surface area contributed by atoms with E-state index in [0.29, 0.717) is 10.7 Å². The fourth-order valence-corrected chi connectivity index (χ4v) is 2.33. The van der Waals surface area contributed by atoms with Crippen molar-refractivity contribution in [2.24, 2.45) is 0 Å². The lowest BCUT2D eigenvalue weighted by Crippen LogP contribution is -1.98. The van der Waals surface area contributed by atoms with Crippen LogP contribution in [0.15, 0.2) is 41.3 Å². The molecule has 0 amide bonds. The highest BCUT2D eigenvalue weighted by Crippen LogP contribution is 2.25. The van der Waals surface area contributed by atoms with Crippen LogP contribution in [0.1, 0.15) is 5.69 Å². The monoisotopic (exact) mass is 262 g/mol. The van der Waals surface area contributed by atoms with E-state index >= 15 is 0 Å². The average Bonchev–Trinajstić information content (AvgIpc) is 2.28. The molecule has 2 aromatic rings. The molecule has 0 bridgehead atoms. The van der Waals surface area contributed by atoms with Crippen molar-refractivity contribution in [3.05, 3.63) is 42.1 Å². The molecule has 0 fully saturated rings. The highest BCUT2D eigenvalue weighted by Gasteiger charge is 2.08. The topological polar surface area (TPSA) is 73.0 Å². The second-order valence-corrected chi connectivity index (χ2v) is 6.20. The maximum Gasteiger partial charge on any atom is 0.175 e. The summed E-state index contributed by atoms with van der Waals surface area (Å²) in [5, 5.41) is 0. The average molecular weight is 262 g/mol. The predicted octanol–water partition coefficient (Wildman–Crippen LogP) is 2.04. The summed E-state index contributed by atoms with van der Waals surface area (Å²) in [4.78, 5) is 4.48. The van der Waals surface area contributed by atoms with Crippen LogP contribution in [0.3, 0.4) is 0 Å². The van der Waals surface area contributed by atoms with Crippen molar-refractivity contribution in [2.45, 2.75) is 11.8 Å². The third kappa shape index (κ3) is 2.51. The van der Waals surface area contributed by atoms with Crippen LogP contribution in [0.4, 0.5) is 5.82 Å². The smallest absolute Gasteiger partial charge is 0.175 e. The molecule has 0 saturated heterocycles. The van der Waals surface area contributed by atoms with Gasteiger partial charge in [0.15, 0.2) is 9.84 Å². The SMILES string of the molecule is Cc1ccc(-c2ccc(S(C)(=O)=O)cc2)c(N)n1. The number of hydrogen-bond acceptors (Lipinski definition) is 4. The van der Waals surface area contributed by atoms with E-state index in [0.717, 1.165) is 16.8 Å². The van der Waals surface area contributed by atoms with Gasteiger partial charge in [-0.2, -0.15) is 0 Å². The van der Waals surface area contributed by atoms with Gasteiger partial charge in [0.2, 0.25) is 0 Å². The van der Waals surface area contributed by atoms with Crippen LogP contribution in [0, 0.1) is 6.92 Å². The van der Waals surface area contributed by atoms with Crippen molar-refractivity contribution >= 4 is 15.7 Å². The molecule has 0 atom stereocenters. The first-order chi connectivity index (χ1) is 8.38. The summed E-state index contributed by atoms with van der Waals surface area (Å²) in [7, 11) is -3.17. The van der Waals surface area contributed by atoms with Crippen LogP contribution in [-0.2, 0) is 9.84 Å². The molecule has 0 aliphatic heterocycles. The van der Waals surface area contributed by atoms with E-state index in [2.05, 4.69) is 4.98 Å². The number of anilines is 1. The first-order valence-electron chi connectivity index (χ1n) is 5.41. The Bertz CT molecular complexity index is 677. The molecule has 2 N–H and O–H groups in total. The van der Waals surface area contributed by atoms with E-state index in [1.807, 2.05) is 19.1 Å². The number of nitrogen functional groups attached to an aromatic ring is 1. The summed E-state index contributed by atoms with van der Waals surface area (Å²) in [6.45, 7) is 1.87. The van der Waals surface area contributed by atoms with Gasteiger partial charge in [-0.1, -0.05) is 12.1 Å². The molecular formula is C13H14N2O2S. The third-order valence-corrected chi connectivity index (χ3v) is 3.79. The highest BCUT2D eigenvalue weighted by atomic mass is 32.2. The fraction of sp³-hybridized carbons (Fsp3) is 0.154. The number of sulfone groups is 1. The van der Waals surface area contributed by atoms with Crippen molar-refractivity contribution in [1.82, 2.24) is 4.98 Å². The van der Waals surface area contributed by atoms with Gasteiger partial charge in [0, 0.05) is 17.5 Å². The van der Waals surface area contributed by atoms with Gasteiger partial charge in [0.1, 0.15) is 5.82 Å². The molecule has 1 aromatic carbocycles. The van der Waals surface area contributed by atoms with Crippen molar-refractivity contribution in [1.29, 1.82) is 0 Å². The predicted molar refractivity (Wildman–Crippen MR) is 71.9 cm³/mol.